The molecule has 0 radical (unpaired) electrons. The molecule has 1 saturated carbocycles. The molecule has 3 aliphatic rings. The number of hydrogen-bond acceptors (Lipinski definition) is 3. The summed E-state index contributed by atoms with van der Waals surface area (Å²) in [6.45, 7) is 7.94. The largest absolute Gasteiger partial charge is 0.380 e. The summed E-state index contributed by atoms with van der Waals surface area (Å²) in [4.78, 5) is 2.76. The molecule has 20 heavy (non-hydrogen) atoms. The first kappa shape index (κ1) is 14.8. The van der Waals surface area contributed by atoms with Gasteiger partial charge in [0.1, 0.15) is 0 Å². The molecule has 0 aromatic rings. The fourth-order valence-electron chi connectivity index (χ4n) is 4.58. The van der Waals surface area contributed by atoms with Gasteiger partial charge in [0.25, 0.3) is 0 Å². The highest BCUT2D eigenvalue weighted by atomic mass is 16.5. The van der Waals surface area contributed by atoms with Crippen molar-refractivity contribution in [1.29, 1.82) is 0 Å². The van der Waals surface area contributed by atoms with Gasteiger partial charge in [0.05, 0.1) is 6.61 Å². The Labute approximate surface area is 124 Å². The number of fused-ring (bicyclic) bond motifs is 1. The molecule has 4 unspecified atom stereocenters. The average molecular weight is 280 g/mol. The van der Waals surface area contributed by atoms with Crippen LogP contribution in [-0.4, -0.2) is 49.8 Å². The van der Waals surface area contributed by atoms with Gasteiger partial charge in [-0.25, -0.2) is 0 Å². The van der Waals surface area contributed by atoms with E-state index in [9.17, 15) is 0 Å². The van der Waals surface area contributed by atoms with Crippen LogP contribution >= 0.6 is 0 Å². The van der Waals surface area contributed by atoms with Crippen molar-refractivity contribution in [2.24, 2.45) is 11.8 Å². The molecule has 3 fully saturated rings. The van der Waals surface area contributed by atoms with Gasteiger partial charge in [-0.1, -0.05) is 26.2 Å². The minimum atomic E-state index is 0.623. The molecule has 4 atom stereocenters. The first-order valence-corrected chi connectivity index (χ1v) is 8.93. The highest BCUT2D eigenvalue weighted by molar-refractivity contribution is 4.92. The lowest BCUT2D eigenvalue weighted by atomic mass is 9.74. The Kier molecular flexibility index (Phi) is 5.36. The van der Waals surface area contributed by atoms with Gasteiger partial charge >= 0.3 is 0 Å². The number of nitrogens with zero attached hydrogens (tertiary/aromatic N) is 1. The van der Waals surface area contributed by atoms with Crippen LogP contribution in [0.25, 0.3) is 0 Å². The molecule has 3 rings (SSSR count). The van der Waals surface area contributed by atoms with Gasteiger partial charge in [0.2, 0.25) is 0 Å². The van der Waals surface area contributed by atoms with Crippen molar-refractivity contribution in [2.75, 3.05) is 32.8 Å². The maximum absolute atomic E-state index is 5.80. The number of ether oxygens (including phenoxy) is 1. The molecule has 0 aromatic heterocycles. The molecule has 1 N–H and O–H groups in total. The van der Waals surface area contributed by atoms with E-state index in [1.807, 2.05) is 0 Å². The molecule has 116 valence electrons. The predicted octanol–water partition coefficient (Wildman–Crippen LogP) is 2.66. The molecule has 2 heterocycles. The zero-order valence-corrected chi connectivity index (χ0v) is 13.2. The van der Waals surface area contributed by atoms with E-state index in [1.165, 1.54) is 58.0 Å². The van der Waals surface area contributed by atoms with Crippen LogP contribution in [0.3, 0.4) is 0 Å². The Morgan fingerprint density at radius 2 is 1.95 bits per heavy atom. The SMILES string of the molecule is CCCNC1CCOCC1N1CCC2CCCCC2C1. The lowest BCUT2D eigenvalue weighted by molar-refractivity contribution is -0.0325. The van der Waals surface area contributed by atoms with E-state index < -0.39 is 0 Å². The standard InChI is InChI=1S/C17H32N2O/c1-2-9-18-16-8-11-20-13-17(16)19-10-7-14-5-3-4-6-15(14)12-19/h14-18H,2-13H2,1H3. The minimum absolute atomic E-state index is 0.623. The molecule has 3 nitrogen and oxygen atoms in total. The van der Waals surface area contributed by atoms with Crippen molar-refractivity contribution in [1.82, 2.24) is 10.2 Å². The molecular weight excluding hydrogens is 248 g/mol. The van der Waals surface area contributed by atoms with Gasteiger partial charge in [-0.05, 0) is 50.6 Å². The number of likely N-dealkylation sites (tertiary alicyclic amines) is 1. The molecule has 2 saturated heterocycles. The molecule has 2 aliphatic heterocycles. The first-order valence-electron chi connectivity index (χ1n) is 8.93. The average Bonchev–Trinajstić information content (AvgIpc) is 2.53. The third kappa shape index (κ3) is 3.37. The summed E-state index contributed by atoms with van der Waals surface area (Å²) in [5, 5.41) is 3.77. The smallest absolute Gasteiger partial charge is 0.0637 e. The normalized spacial score (nSPS) is 39.5. The van der Waals surface area contributed by atoms with Crippen molar-refractivity contribution < 1.29 is 4.74 Å². The van der Waals surface area contributed by atoms with Crippen LogP contribution in [0.1, 0.15) is 51.9 Å². The molecule has 1 aliphatic carbocycles. The number of piperidine rings is 1. The maximum Gasteiger partial charge on any atom is 0.0637 e. The quantitative estimate of drug-likeness (QED) is 0.857. The van der Waals surface area contributed by atoms with Crippen LogP contribution < -0.4 is 5.32 Å². The third-order valence-corrected chi connectivity index (χ3v) is 5.77. The van der Waals surface area contributed by atoms with Crippen molar-refractivity contribution in [3.05, 3.63) is 0 Å². The lowest BCUT2D eigenvalue weighted by Crippen LogP contribution is -2.58. The molecule has 0 bridgehead atoms. The van der Waals surface area contributed by atoms with E-state index >= 15 is 0 Å². The Hall–Kier alpha value is -0.120. The third-order valence-electron chi connectivity index (χ3n) is 5.77. The van der Waals surface area contributed by atoms with Gasteiger partial charge in [-0.3, -0.25) is 4.90 Å². The van der Waals surface area contributed by atoms with E-state index in [0.29, 0.717) is 12.1 Å². The Morgan fingerprint density at radius 1 is 1.10 bits per heavy atom. The summed E-state index contributed by atoms with van der Waals surface area (Å²) < 4.78 is 5.80. The summed E-state index contributed by atoms with van der Waals surface area (Å²) in [6.07, 6.45) is 9.77. The van der Waals surface area contributed by atoms with E-state index in [2.05, 4.69) is 17.1 Å². The Bertz CT molecular complexity index is 297. The monoisotopic (exact) mass is 280 g/mol. The topological polar surface area (TPSA) is 24.5 Å². The van der Waals surface area contributed by atoms with Gasteiger partial charge < -0.3 is 10.1 Å². The van der Waals surface area contributed by atoms with E-state index in [4.69, 9.17) is 4.74 Å². The molecule has 0 spiro atoms. The summed E-state index contributed by atoms with van der Waals surface area (Å²) in [5.74, 6) is 2.01. The first-order chi connectivity index (χ1) is 9.88. The van der Waals surface area contributed by atoms with E-state index in [0.717, 1.165) is 31.6 Å². The summed E-state index contributed by atoms with van der Waals surface area (Å²) in [6, 6.07) is 1.28. The predicted molar refractivity (Wildman–Crippen MR) is 82.9 cm³/mol. The van der Waals surface area contributed by atoms with Gasteiger partial charge in [-0.15, -0.1) is 0 Å². The molecule has 3 heteroatoms. The lowest BCUT2D eigenvalue weighted by Gasteiger charge is -2.47. The van der Waals surface area contributed by atoms with Gasteiger partial charge in [0.15, 0.2) is 0 Å². The zero-order chi connectivity index (χ0) is 13.8. The fraction of sp³-hybridized carbons (Fsp3) is 1.00. The summed E-state index contributed by atoms with van der Waals surface area (Å²) in [7, 11) is 0. The van der Waals surface area contributed by atoms with Crippen LogP contribution in [0.5, 0.6) is 0 Å². The van der Waals surface area contributed by atoms with Crippen LogP contribution in [-0.2, 0) is 4.74 Å². The van der Waals surface area contributed by atoms with Crippen molar-refractivity contribution in [3.63, 3.8) is 0 Å². The maximum atomic E-state index is 5.80. The van der Waals surface area contributed by atoms with E-state index in [-0.39, 0.29) is 0 Å². The Balaban J connectivity index is 1.58. The second-order valence-corrected chi connectivity index (χ2v) is 7.08. The zero-order valence-electron chi connectivity index (χ0n) is 13.2. The second-order valence-electron chi connectivity index (χ2n) is 7.08. The second kappa shape index (κ2) is 7.24. The van der Waals surface area contributed by atoms with Crippen LogP contribution in [0.4, 0.5) is 0 Å². The van der Waals surface area contributed by atoms with Gasteiger partial charge in [-0.2, -0.15) is 0 Å². The number of hydrogen-bond donors (Lipinski definition) is 1. The van der Waals surface area contributed by atoms with Crippen LogP contribution in [0, 0.1) is 11.8 Å². The molecule has 0 amide bonds. The van der Waals surface area contributed by atoms with Crippen molar-refractivity contribution in [3.8, 4) is 0 Å². The fourth-order valence-corrected chi connectivity index (χ4v) is 4.58. The van der Waals surface area contributed by atoms with Gasteiger partial charge in [0, 0.05) is 25.2 Å². The van der Waals surface area contributed by atoms with Crippen LogP contribution in [0.2, 0.25) is 0 Å². The van der Waals surface area contributed by atoms with Crippen LogP contribution in [0.15, 0.2) is 0 Å². The van der Waals surface area contributed by atoms with Crippen molar-refractivity contribution >= 4 is 0 Å². The van der Waals surface area contributed by atoms with Crippen molar-refractivity contribution in [2.45, 2.75) is 64.0 Å². The summed E-state index contributed by atoms with van der Waals surface area (Å²) >= 11 is 0. The highest BCUT2D eigenvalue weighted by Crippen LogP contribution is 2.37. The Morgan fingerprint density at radius 3 is 2.80 bits per heavy atom. The summed E-state index contributed by atoms with van der Waals surface area (Å²) in [5.41, 5.74) is 0. The highest BCUT2D eigenvalue weighted by Gasteiger charge is 2.37. The number of rotatable bonds is 4. The number of nitrogens with one attached hydrogen (secondary N) is 1. The molecular formula is C17H32N2O. The molecule has 0 aromatic carbocycles. The minimum Gasteiger partial charge on any atom is -0.380 e. The van der Waals surface area contributed by atoms with E-state index in [1.54, 1.807) is 0 Å².